The number of halogens is 1. The number of aromatic nitrogens is 2. The molecule has 1 atom stereocenters. The van der Waals surface area contributed by atoms with Crippen molar-refractivity contribution in [3.05, 3.63) is 53.1 Å². The molecular weight excluding hydrogens is 312 g/mol. The van der Waals surface area contributed by atoms with Crippen LogP contribution in [0.25, 0.3) is 0 Å². The number of nitrogens with zero attached hydrogens (tertiary/aromatic N) is 4. The van der Waals surface area contributed by atoms with Gasteiger partial charge in [-0.1, -0.05) is 29.8 Å². The van der Waals surface area contributed by atoms with Gasteiger partial charge in [-0.15, -0.1) is 0 Å². The van der Waals surface area contributed by atoms with E-state index < -0.39 is 0 Å². The van der Waals surface area contributed by atoms with Gasteiger partial charge in [-0.05, 0) is 31.0 Å². The van der Waals surface area contributed by atoms with Gasteiger partial charge in [0.25, 0.3) is 5.91 Å². The van der Waals surface area contributed by atoms with Gasteiger partial charge in [0, 0.05) is 31.0 Å². The highest BCUT2D eigenvalue weighted by atomic mass is 35.5. The van der Waals surface area contributed by atoms with E-state index in [4.69, 9.17) is 11.6 Å². The molecule has 1 fully saturated rings. The number of hydrogen-bond acceptors (Lipinski definition) is 4. The Labute approximate surface area is 139 Å². The number of hydrogen-bond donors (Lipinski definition) is 0. The fraction of sp³-hybridized carbons (Fsp3) is 0.353. The Morgan fingerprint density at radius 2 is 2.17 bits per heavy atom. The molecule has 5 nitrogen and oxygen atoms in total. The van der Waals surface area contributed by atoms with Crippen molar-refractivity contribution in [1.29, 1.82) is 0 Å². The van der Waals surface area contributed by atoms with Crippen molar-refractivity contribution >= 4 is 23.2 Å². The van der Waals surface area contributed by atoms with E-state index in [1.807, 2.05) is 23.1 Å². The molecule has 118 valence electrons. The number of carbonyl (C=O) groups is 1. The summed E-state index contributed by atoms with van der Waals surface area (Å²) in [6.07, 6.45) is 5.14. The van der Waals surface area contributed by atoms with E-state index in [0.717, 1.165) is 25.2 Å². The Bertz CT molecular complexity index is 751. The number of fused-ring (bicyclic) bond motifs is 2. The summed E-state index contributed by atoms with van der Waals surface area (Å²) >= 11 is 6.13. The summed E-state index contributed by atoms with van der Waals surface area (Å²) in [4.78, 5) is 25.3. The van der Waals surface area contributed by atoms with Crippen LogP contribution in [-0.2, 0) is 6.54 Å². The maximum Gasteiger partial charge on any atom is 0.278 e. The zero-order chi connectivity index (χ0) is 15.8. The summed E-state index contributed by atoms with van der Waals surface area (Å²) in [5, 5.41) is 0.294. The number of para-hydroxylation sites is 1. The molecule has 0 unspecified atom stereocenters. The first-order chi connectivity index (χ1) is 11.2. The van der Waals surface area contributed by atoms with Crippen LogP contribution < -0.4 is 4.90 Å². The molecule has 2 aromatic rings. The van der Waals surface area contributed by atoms with Crippen molar-refractivity contribution < 1.29 is 4.79 Å². The number of carbonyl (C=O) groups excluding carboxylic acids is 1. The molecule has 1 aromatic heterocycles. The van der Waals surface area contributed by atoms with E-state index in [2.05, 4.69) is 20.9 Å². The molecule has 0 spiro atoms. The van der Waals surface area contributed by atoms with E-state index in [0.29, 0.717) is 17.6 Å². The van der Waals surface area contributed by atoms with Gasteiger partial charge in [0.1, 0.15) is 6.33 Å². The second kappa shape index (κ2) is 5.91. The summed E-state index contributed by atoms with van der Waals surface area (Å²) in [7, 11) is 0. The maximum absolute atomic E-state index is 13.1. The Morgan fingerprint density at radius 1 is 1.30 bits per heavy atom. The number of anilines is 1. The predicted molar refractivity (Wildman–Crippen MR) is 88.6 cm³/mol. The largest absolute Gasteiger partial charge is 0.305 e. The summed E-state index contributed by atoms with van der Waals surface area (Å²) in [5.41, 5.74) is 2.40. The van der Waals surface area contributed by atoms with E-state index >= 15 is 0 Å². The van der Waals surface area contributed by atoms with Crippen LogP contribution in [0.4, 0.5) is 5.69 Å². The van der Waals surface area contributed by atoms with Crippen LogP contribution in [0.1, 0.15) is 28.9 Å². The van der Waals surface area contributed by atoms with Gasteiger partial charge in [0.15, 0.2) is 5.69 Å². The van der Waals surface area contributed by atoms with Gasteiger partial charge >= 0.3 is 0 Å². The third kappa shape index (κ3) is 2.60. The molecule has 1 amide bonds. The smallest absolute Gasteiger partial charge is 0.278 e. The molecule has 0 saturated carbocycles. The van der Waals surface area contributed by atoms with E-state index in [1.165, 1.54) is 24.5 Å². The van der Waals surface area contributed by atoms with Crippen molar-refractivity contribution in [3.8, 4) is 0 Å². The van der Waals surface area contributed by atoms with Gasteiger partial charge in [0.05, 0.1) is 5.02 Å². The fourth-order valence-electron chi connectivity index (χ4n) is 3.54. The van der Waals surface area contributed by atoms with E-state index in [-0.39, 0.29) is 11.6 Å². The Hall–Kier alpha value is -1.98. The molecular formula is C17H17ClN4O. The summed E-state index contributed by atoms with van der Waals surface area (Å²) < 4.78 is 0. The topological polar surface area (TPSA) is 49.3 Å². The highest BCUT2D eigenvalue weighted by Gasteiger charge is 2.34. The minimum Gasteiger partial charge on any atom is -0.305 e. The quantitative estimate of drug-likeness (QED) is 0.807. The molecule has 1 saturated heterocycles. The van der Waals surface area contributed by atoms with Gasteiger partial charge in [-0.3, -0.25) is 9.69 Å². The summed E-state index contributed by atoms with van der Waals surface area (Å²) in [6, 6.07) is 8.49. The first kappa shape index (κ1) is 14.6. The average molecular weight is 329 g/mol. The fourth-order valence-corrected chi connectivity index (χ4v) is 3.72. The minimum atomic E-state index is -0.154. The lowest BCUT2D eigenvalue weighted by Gasteiger charge is -2.26. The van der Waals surface area contributed by atoms with Crippen LogP contribution in [0.3, 0.4) is 0 Å². The Kier molecular flexibility index (Phi) is 3.75. The van der Waals surface area contributed by atoms with Crippen LogP contribution >= 0.6 is 11.6 Å². The van der Waals surface area contributed by atoms with Gasteiger partial charge in [-0.2, -0.15) is 0 Å². The van der Waals surface area contributed by atoms with Crippen LogP contribution in [0, 0.1) is 0 Å². The van der Waals surface area contributed by atoms with Gasteiger partial charge in [-0.25, -0.2) is 9.97 Å². The molecule has 6 heteroatoms. The van der Waals surface area contributed by atoms with Crippen molar-refractivity contribution in [1.82, 2.24) is 14.9 Å². The number of amides is 1. The zero-order valence-electron chi connectivity index (χ0n) is 12.7. The first-order valence-electron chi connectivity index (χ1n) is 7.83. The molecule has 0 aliphatic carbocycles. The monoisotopic (exact) mass is 328 g/mol. The molecule has 1 aromatic carbocycles. The molecule has 2 aliphatic rings. The Morgan fingerprint density at radius 3 is 3.04 bits per heavy atom. The lowest BCUT2D eigenvalue weighted by Crippen LogP contribution is -2.40. The van der Waals surface area contributed by atoms with Gasteiger partial charge < -0.3 is 4.90 Å². The third-order valence-corrected chi connectivity index (χ3v) is 4.94. The zero-order valence-corrected chi connectivity index (χ0v) is 13.4. The molecule has 0 bridgehead atoms. The molecule has 4 rings (SSSR count). The Balaban J connectivity index is 1.77. The van der Waals surface area contributed by atoms with E-state index in [9.17, 15) is 4.79 Å². The molecule has 0 N–H and O–H groups in total. The van der Waals surface area contributed by atoms with Crippen LogP contribution in [0.15, 0.2) is 36.8 Å². The minimum absolute atomic E-state index is 0.154. The van der Waals surface area contributed by atoms with E-state index in [1.54, 1.807) is 0 Å². The maximum atomic E-state index is 13.1. The normalized spacial score (nSPS) is 20.7. The highest BCUT2D eigenvalue weighted by Crippen LogP contribution is 2.32. The SMILES string of the molecule is O=C(c1ncncc1Cl)N1C[C@@H]2CCCN2Cc2ccccc21. The van der Waals surface area contributed by atoms with Crippen LogP contribution in [0.2, 0.25) is 5.02 Å². The lowest BCUT2D eigenvalue weighted by atomic mass is 10.1. The highest BCUT2D eigenvalue weighted by molar-refractivity contribution is 6.34. The molecule has 23 heavy (non-hydrogen) atoms. The van der Waals surface area contributed by atoms with Crippen molar-refractivity contribution in [2.45, 2.75) is 25.4 Å². The van der Waals surface area contributed by atoms with Crippen molar-refractivity contribution in [2.75, 3.05) is 18.0 Å². The second-order valence-corrected chi connectivity index (χ2v) is 6.44. The average Bonchev–Trinajstić information content (AvgIpc) is 2.94. The standard InChI is InChI=1S/C17H17ClN4O/c18-14-8-19-11-20-16(14)17(23)22-10-13-5-3-7-21(13)9-12-4-1-2-6-15(12)22/h1-2,4,6,8,11,13H,3,5,7,9-10H2/t13-/m0/s1. The van der Waals surface area contributed by atoms with Crippen LogP contribution in [0.5, 0.6) is 0 Å². The molecule has 2 aliphatic heterocycles. The molecule has 0 radical (unpaired) electrons. The first-order valence-corrected chi connectivity index (χ1v) is 8.21. The summed E-state index contributed by atoms with van der Waals surface area (Å²) in [5.74, 6) is -0.154. The lowest BCUT2D eigenvalue weighted by molar-refractivity contribution is 0.0976. The summed E-state index contributed by atoms with van der Waals surface area (Å²) in [6.45, 7) is 2.66. The van der Waals surface area contributed by atoms with Gasteiger partial charge in [0.2, 0.25) is 0 Å². The van der Waals surface area contributed by atoms with Crippen molar-refractivity contribution in [3.63, 3.8) is 0 Å². The number of benzene rings is 1. The van der Waals surface area contributed by atoms with Crippen LogP contribution in [-0.4, -0.2) is 39.9 Å². The molecule has 3 heterocycles. The third-order valence-electron chi connectivity index (χ3n) is 4.66. The van der Waals surface area contributed by atoms with Crippen molar-refractivity contribution in [2.24, 2.45) is 0 Å². The second-order valence-electron chi connectivity index (χ2n) is 6.03. The predicted octanol–water partition coefficient (Wildman–Crippen LogP) is 2.75. The number of rotatable bonds is 1.